The Hall–Kier alpha value is -3.47. The van der Waals surface area contributed by atoms with E-state index in [9.17, 15) is 20.1 Å². The average molecular weight is 334 g/mol. The predicted octanol–water partition coefficient (Wildman–Crippen LogP) is 3.27. The molecule has 0 spiro atoms. The fourth-order valence-electron chi connectivity index (χ4n) is 3.29. The number of carbonyl (C=O) groups excluding carboxylic acids is 1. The van der Waals surface area contributed by atoms with Crippen LogP contribution in [-0.4, -0.2) is 21.3 Å². The molecular weight excluding hydrogens is 320 g/mol. The summed E-state index contributed by atoms with van der Waals surface area (Å²) in [5, 5.41) is 29.6. The second kappa shape index (κ2) is 5.27. The van der Waals surface area contributed by atoms with Crippen molar-refractivity contribution in [2.75, 3.05) is 0 Å². The molecule has 4 rings (SSSR count). The molecule has 0 aromatic heterocycles. The third-order valence-corrected chi connectivity index (χ3v) is 4.43. The number of esters is 1. The van der Waals surface area contributed by atoms with Crippen molar-refractivity contribution in [1.82, 2.24) is 0 Å². The average Bonchev–Trinajstić information content (AvgIpc) is 2.94. The van der Waals surface area contributed by atoms with E-state index in [1.807, 2.05) is 18.2 Å². The molecule has 3 aromatic rings. The largest absolute Gasteiger partial charge is 0.504 e. The molecule has 0 saturated heterocycles. The van der Waals surface area contributed by atoms with Gasteiger partial charge in [0.2, 0.25) is 0 Å². The van der Waals surface area contributed by atoms with Gasteiger partial charge in [-0.15, -0.1) is 0 Å². The van der Waals surface area contributed by atoms with Crippen molar-refractivity contribution in [1.29, 1.82) is 0 Å². The molecule has 1 atom stereocenters. The number of hydrogen-bond donors (Lipinski definition) is 3. The molecule has 5 heteroatoms. The van der Waals surface area contributed by atoms with E-state index in [0.717, 1.165) is 0 Å². The molecule has 3 N–H and O–H groups in total. The Balaban J connectivity index is 2.08. The molecule has 5 nitrogen and oxygen atoms in total. The molecule has 0 aliphatic carbocycles. The minimum atomic E-state index is -1.32. The van der Waals surface area contributed by atoms with E-state index in [2.05, 4.69) is 0 Å². The highest BCUT2D eigenvalue weighted by molar-refractivity contribution is 5.96. The van der Waals surface area contributed by atoms with Crippen molar-refractivity contribution in [3.63, 3.8) is 0 Å². The highest BCUT2D eigenvalue weighted by Crippen LogP contribution is 2.50. The van der Waals surface area contributed by atoms with Crippen LogP contribution in [0.4, 0.5) is 0 Å². The van der Waals surface area contributed by atoms with Gasteiger partial charge in [-0.25, -0.2) is 4.79 Å². The summed E-state index contributed by atoms with van der Waals surface area (Å²) in [5.74, 6) is -2.10. The maximum Gasteiger partial charge on any atom is 0.340 e. The number of cyclic esters (lactones) is 1. The Morgan fingerprint density at radius 3 is 2.04 bits per heavy atom. The lowest BCUT2D eigenvalue weighted by Crippen LogP contribution is -2.29. The lowest BCUT2D eigenvalue weighted by Gasteiger charge is -2.30. The van der Waals surface area contributed by atoms with Crippen molar-refractivity contribution in [2.24, 2.45) is 0 Å². The van der Waals surface area contributed by atoms with Crippen LogP contribution in [0, 0.1) is 0 Å². The van der Waals surface area contributed by atoms with E-state index in [0.29, 0.717) is 22.3 Å². The zero-order chi connectivity index (χ0) is 17.6. The molecule has 0 saturated carbocycles. The van der Waals surface area contributed by atoms with E-state index >= 15 is 0 Å². The smallest absolute Gasteiger partial charge is 0.340 e. The molecule has 1 aliphatic rings. The van der Waals surface area contributed by atoms with Gasteiger partial charge in [-0.1, -0.05) is 48.5 Å². The number of phenols is 3. The summed E-state index contributed by atoms with van der Waals surface area (Å²) in [4.78, 5) is 12.5. The van der Waals surface area contributed by atoms with Crippen LogP contribution >= 0.6 is 0 Å². The van der Waals surface area contributed by atoms with Crippen LogP contribution in [-0.2, 0) is 10.3 Å². The Labute approximate surface area is 143 Å². The van der Waals surface area contributed by atoms with Gasteiger partial charge in [0, 0.05) is 16.7 Å². The molecule has 1 aliphatic heterocycles. The number of carbonyl (C=O) groups is 1. The summed E-state index contributed by atoms with van der Waals surface area (Å²) in [6.07, 6.45) is 0. The number of benzene rings is 3. The summed E-state index contributed by atoms with van der Waals surface area (Å²) in [6, 6.07) is 18.6. The van der Waals surface area contributed by atoms with Crippen LogP contribution in [0.1, 0.15) is 27.0 Å². The van der Waals surface area contributed by atoms with E-state index in [4.69, 9.17) is 4.74 Å². The van der Waals surface area contributed by atoms with Crippen molar-refractivity contribution < 1.29 is 24.9 Å². The molecule has 0 fully saturated rings. The van der Waals surface area contributed by atoms with Crippen LogP contribution in [0.5, 0.6) is 17.2 Å². The fourth-order valence-corrected chi connectivity index (χ4v) is 3.29. The van der Waals surface area contributed by atoms with Crippen LogP contribution in [0.15, 0.2) is 66.7 Å². The van der Waals surface area contributed by atoms with Gasteiger partial charge in [-0.2, -0.15) is 0 Å². The van der Waals surface area contributed by atoms with Gasteiger partial charge >= 0.3 is 5.97 Å². The van der Waals surface area contributed by atoms with Crippen LogP contribution in [0.3, 0.4) is 0 Å². The van der Waals surface area contributed by atoms with E-state index < -0.39 is 28.8 Å². The van der Waals surface area contributed by atoms with Crippen molar-refractivity contribution in [3.05, 3.63) is 89.0 Å². The first-order valence-electron chi connectivity index (χ1n) is 7.68. The number of fused-ring (bicyclic) bond motifs is 1. The summed E-state index contributed by atoms with van der Waals surface area (Å²) >= 11 is 0. The SMILES string of the molecule is O=C1OC(c2ccccc2)(c2cc(O)c(O)c(O)c2)c2ccccc21. The predicted molar refractivity (Wildman–Crippen MR) is 89.6 cm³/mol. The minimum Gasteiger partial charge on any atom is -0.504 e. The topological polar surface area (TPSA) is 87.0 Å². The van der Waals surface area contributed by atoms with Crippen LogP contribution < -0.4 is 0 Å². The molecule has 0 bridgehead atoms. The van der Waals surface area contributed by atoms with E-state index in [-0.39, 0.29) is 0 Å². The first-order valence-corrected chi connectivity index (χ1v) is 7.68. The summed E-state index contributed by atoms with van der Waals surface area (Å²) in [6.45, 7) is 0. The number of aromatic hydroxyl groups is 3. The molecule has 1 heterocycles. The van der Waals surface area contributed by atoms with Gasteiger partial charge in [0.1, 0.15) is 0 Å². The Bertz CT molecular complexity index is 957. The molecule has 0 radical (unpaired) electrons. The maximum atomic E-state index is 12.5. The molecule has 124 valence electrons. The van der Waals surface area contributed by atoms with Gasteiger partial charge in [0.25, 0.3) is 0 Å². The molecular formula is C20H14O5. The molecule has 0 amide bonds. The lowest BCUT2D eigenvalue weighted by molar-refractivity contribution is 0.0250. The molecule has 1 unspecified atom stereocenters. The highest BCUT2D eigenvalue weighted by atomic mass is 16.6. The monoisotopic (exact) mass is 334 g/mol. The summed E-state index contributed by atoms with van der Waals surface area (Å²) < 4.78 is 5.80. The third kappa shape index (κ3) is 2.06. The third-order valence-electron chi connectivity index (χ3n) is 4.43. The zero-order valence-electron chi connectivity index (χ0n) is 13.0. The van der Waals surface area contributed by atoms with Gasteiger partial charge in [0.15, 0.2) is 22.8 Å². The highest BCUT2D eigenvalue weighted by Gasteiger charge is 2.48. The van der Waals surface area contributed by atoms with Crippen molar-refractivity contribution in [2.45, 2.75) is 5.60 Å². The zero-order valence-corrected chi connectivity index (χ0v) is 13.0. The van der Waals surface area contributed by atoms with Crippen LogP contribution in [0.2, 0.25) is 0 Å². The summed E-state index contributed by atoms with van der Waals surface area (Å²) in [5.41, 5.74) is 0.703. The fraction of sp³-hybridized carbons (Fsp3) is 0.0500. The van der Waals surface area contributed by atoms with E-state index in [1.165, 1.54) is 12.1 Å². The number of rotatable bonds is 2. The standard InChI is InChI=1S/C20H14O5/c21-16-10-13(11-17(22)18(16)23)20(12-6-2-1-3-7-12)15-9-5-4-8-14(15)19(24)25-20/h1-11,21-23H. The Morgan fingerprint density at radius 1 is 0.760 bits per heavy atom. The van der Waals surface area contributed by atoms with E-state index in [1.54, 1.807) is 36.4 Å². The summed E-state index contributed by atoms with van der Waals surface area (Å²) in [7, 11) is 0. The van der Waals surface area contributed by atoms with Gasteiger partial charge in [0.05, 0.1) is 5.56 Å². The first kappa shape index (κ1) is 15.1. The van der Waals surface area contributed by atoms with Crippen molar-refractivity contribution >= 4 is 5.97 Å². The molecule has 3 aromatic carbocycles. The second-order valence-corrected chi connectivity index (χ2v) is 5.85. The maximum absolute atomic E-state index is 12.5. The molecule has 25 heavy (non-hydrogen) atoms. The van der Waals surface area contributed by atoms with Gasteiger partial charge < -0.3 is 20.1 Å². The normalized spacial score (nSPS) is 18.6. The minimum absolute atomic E-state index is 0.338. The Morgan fingerprint density at radius 2 is 1.36 bits per heavy atom. The second-order valence-electron chi connectivity index (χ2n) is 5.85. The Kier molecular flexibility index (Phi) is 3.18. The number of phenolic OH excluding ortho intramolecular Hbond substituents is 3. The quantitative estimate of drug-likeness (QED) is 0.495. The first-order chi connectivity index (χ1) is 12.0. The number of ether oxygens (including phenoxy) is 1. The number of hydrogen-bond acceptors (Lipinski definition) is 5. The van der Waals surface area contributed by atoms with Crippen molar-refractivity contribution in [3.8, 4) is 17.2 Å². The van der Waals surface area contributed by atoms with Gasteiger partial charge in [-0.3, -0.25) is 0 Å². The van der Waals surface area contributed by atoms with Gasteiger partial charge in [-0.05, 0) is 18.2 Å². The lowest BCUT2D eigenvalue weighted by atomic mass is 9.79. The van der Waals surface area contributed by atoms with Crippen LogP contribution in [0.25, 0.3) is 0 Å².